The van der Waals surface area contributed by atoms with E-state index in [-0.39, 0.29) is 4.27 Å². The molecule has 0 saturated carbocycles. The zero-order valence-corrected chi connectivity index (χ0v) is 3.53. The minimum absolute atomic E-state index is 0.0972. The molecule has 1 N–H and O–H groups in total. The molecule has 0 fully saturated rings. The third-order valence-electron chi connectivity index (χ3n) is 0.141. The molecule has 0 bridgehead atoms. The molecule has 0 aliphatic heterocycles. The number of hydrogen-bond acceptors (Lipinski definition) is 3. The van der Waals surface area contributed by atoms with Crippen LogP contribution in [0.15, 0.2) is 0 Å². The number of nitroso groups, excluding NO2 is 1. The van der Waals surface area contributed by atoms with Gasteiger partial charge in [0.25, 0.3) is 0 Å². The number of rotatable bonds is 1. The van der Waals surface area contributed by atoms with Crippen LogP contribution in [0.25, 0.3) is 0 Å². The fourth-order valence-corrected chi connectivity index (χ4v) is 0.0816. The summed E-state index contributed by atoms with van der Waals surface area (Å²) in [7, 11) is 0. The fourth-order valence-electron chi connectivity index (χ4n) is 0.0408. The SMILES string of the molecule is N#CN[N+](=O)[S-]. The Kier molecular flexibility index (Phi) is 2.00. The first-order chi connectivity index (χ1) is 2.77. The van der Waals surface area contributed by atoms with Gasteiger partial charge < -0.3 is 12.8 Å². The molecule has 0 saturated heterocycles. The summed E-state index contributed by atoms with van der Waals surface area (Å²) >= 11 is 3.82. The number of nitrogens with zero attached hydrogens (tertiary/aromatic N) is 2. The van der Waals surface area contributed by atoms with Crippen molar-refractivity contribution in [1.29, 1.82) is 5.26 Å². The second kappa shape index (κ2) is 2.35. The van der Waals surface area contributed by atoms with Crippen LogP contribution < -0.4 is 5.43 Å². The van der Waals surface area contributed by atoms with Gasteiger partial charge in [-0.15, -0.1) is 0 Å². The molecule has 5 heteroatoms. The van der Waals surface area contributed by atoms with Crippen molar-refractivity contribution >= 4 is 12.8 Å². The third kappa shape index (κ3) is 3.11. The van der Waals surface area contributed by atoms with Gasteiger partial charge in [0.1, 0.15) is 0 Å². The van der Waals surface area contributed by atoms with Crippen molar-refractivity contribution in [2.24, 2.45) is 0 Å². The fraction of sp³-hybridized carbons (Fsp3) is 0. The van der Waals surface area contributed by atoms with Crippen LogP contribution in [0.2, 0.25) is 0 Å². The Morgan fingerprint density at radius 1 is 2.00 bits per heavy atom. The molecule has 4 nitrogen and oxygen atoms in total. The van der Waals surface area contributed by atoms with Crippen molar-refractivity contribution in [2.75, 3.05) is 0 Å². The van der Waals surface area contributed by atoms with Gasteiger partial charge in [-0.3, -0.25) is 0 Å². The van der Waals surface area contributed by atoms with Gasteiger partial charge in [0.2, 0.25) is 6.19 Å². The summed E-state index contributed by atoms with van der Waals surface area (Å²) in [5.74, 6) is 0. The Labute approximate surface area is 39.8 Å². The predicted molar refractivity (Wildman–Crippen MR) is 19.7 cm³/mol. The van der Waals surface area contributed by atoms with Crippen molar-refractivity contribution < 1.29 is 4.27 Å². The largest absolute Gasteiger partial charge is 0.331 e. The average Bonchev–Trinajstić information content (AvgIpc) is 1.35. The maximum atomic E-state index is 9.44. The lowest BCUT2D eigenvalue weighted by Crippen LogP contribution is -2.13. The number of nitrogens with one attached hydrogen (secondary N) is 1. The van der Waals surface area contributed by atoms with E-state index in [0.717, 1.165) is 0 Å². The summed E-state index contributed by atoms with van der Waals surface area (Å²) < 4.78 is -0.0972. The molecule has 0 unspecified atom stereocenters. The summed E-state index contributed by atoms with van der Waals surface area (Å²) in [6, 6.07) is 0. The molecule has 32 valence electrons. The first kappa shape index (κ1) is 5.11. The molecule has 6 heavy (non-hydrogen) atoms. The summed E-state index contributed by atoms with van der Waals surface area (Å²) in [5.41, 5.74) is 1.61. The molecule has 0 aromatic carbocycles. The van der Waals surface area contributed by atoms with Crippen LogP contribution in [0.1, 0.15) is 0 Å². The van der Waals surface area contributed by atoms with Crippen molar-refractivity contribution in [1.82, 2.24) is 5.43 Å². The number of nitriles is 1. The van der Waals surface area contributed by atoms with Gasteiger partial charge in [-0.1, -0.05) is 5.43 Å². The van der Waals surface area contributed by atoms with Crippen LogP contribution in [0, 0.1) is 16.4 Å². The van der Waals surface area contributed by atoms with Crippen LogP contribution in [0.4, 0.5) is 0 Å². The molecule has 0 spiro atoms. The summed E-state index contributed by atoms with van der Waals surface area (Å²) in [6.45, 7) is 0. The van der Waals surface area contributed by atoms with Gasteiger partial charge in [0.15, 0.2) is 0 Å². The minimum Gasteiger partial charge on any atom is -0.331 e. The van der Waals surface area contributed by atoms with E-state index in [2.05, 4.69) is 12.8 Å². The second-order valence-electron chi connectivity index (χ2n) is 0.481. The Morgan fingerprint density at radius 3 is 2.50 bits per heavy atom. The van der Waals surface area contributed by atoms with Gasteiger partial charge in [-0.2, -0.15) is 5.26 Å². The van der Waals surface area contributed by atoms with E-state index in [4.69, 9.17) is 5.26 Å². The smallest absolute Gasteiger partial charge is 0.239 e. The molecule has 0 atom stereocenters. The average molecular weight is 103 g/mol. The maximum Gasteiger partial charge on any atom is 0.239 e. The number of hydrazine groups is 1. The second-order valence-corrected chi connectivity index (χ2v) is 0.812. The van der Waals surface area contributed by atoms with Crippen molar-refractivity contribution in [2.45, 2.75) is 0 Å². The van der Waals surface area contributed by atoms with Crippen molar-refractivity contribution in [3.63, 3.8) is 0 Å². The highest BCUT2D eigenvalue weighted by molar-refractivity contribution is 7.51. The first-order valence-electron chi connectivity index (χ1n) is 1.06. The lowest BCUT2D eigenvalue weighted by Gasteiger charge is -1.78. The van der Waals surface area contributed by atoms with Crippen LogP contribution in [-0.4, -0.2) is 4.27 Å². The Morgan fingerprint density at radius 2 is 2.50 bits per heavy atom. The molecule has 0 aromatic rings. The summed E-state index contributed by atoms with van der Waals surface area (Å²) in [5, 5.41) is 7.57. The highest BCUT2D eigenvalue weighted by atomic mass is 32.1. The summed E-state index contributed by atoms with van der Waals surface area (Å²) in [4.78, 5) is 9.44. The molecule has 0 rings (SSSR count). The topological polar surface area (TPSA) is 55.9 Å². The highest BCUT2D eigenvalue weighted by Crippen LogP contribution is 1.45. The molecule has 0 aliphatic carbocycles. The highest BCUT2D eigenvalue weighted by Gasteiger charge is 1.75. The van der Waals surface area contributed by atoms with E-state index in [1.807, 2.05) is 0 Å². The lowest BCUT2D eigenvalue weighted by atomic mass is 11.4. The maximum absolute atomic E-state index is 9.44. The number of hydrogen-bond donors (Lipinski definition) is 1. The van der Waals surface area contributed by atoms with E-state index in [0.29, 0.717) is 0 Å². The Bertz CT molecular complexity index is 93.5. The van der Waals surface area contributed by atoms with Gasteiger partial charge in [-0.05, 0) is 0 Å². The molecular formula is CHN3OS. The molecule has 0 radical (unpaired) electrons. The van der Waals surface area contributed by atoms with Crippen LogP contribution in [-0.2, 0) is 12.8 Å². The van der Waals surface area contributed by atoms with Crippen LogP contribution in [0.3, 0.4) is 0 Å². The van der Waals surface area contributed by atoms with E-state index in [9.17, 15) is 4.91 Å². The Hall–Kier alpha value is -0.890. The van der Waals surface area contributed by atoms with Gasteiger partial charge >= 0.3 is 0 Å². The normalized spacial score (nSPS) is 5.83. The van der Waals surface area contributed by atoms with E-state index < -0.39 is 0 Å². The van der Waals surface area contributed by atoms with Gasteiger partial charge in [-0.25, -0.2) is 0 Å². The van der Waals surface area contributed by atoms with Crippen LogP contribution in [0.5, 0.6) is 0 Å². The molecule has 0 heterocycles. The van der Waals surface area contributed by atoms with E-state index >= 15 is 0 Å². The zero-order chi connectivity index (χ0) is 4.99. The van der Waals surface area contributed by atoms with Crippen molar-refractivity contribution in [3.8, 4) is 6.19 Å². The molecule has 0 aliphatic rings. The third-order valence-corrected chi connectivity index (χ3v) is 0.233. The minimum atomic E-state index is -0.0972. The van der Waals surface area contributed by atoms with E-state index in [1.54, 1.807) is 5.43 Å². The standard InChI is InChI=1S/CHN3OS/c2-1-3-4(5)6/h(H,3,5,6). The summed E-state index contributed by atoms with van der Waals surface area (Å²) in [6.07, 6.45) is 1.33. The van der Waals surface area contributed by atoms with Gasteiger partial charge in [0, 0.05) is 9.18 Å². The first-order valence-corrected chi connectivity index (χ1v) is 1.43. The molecular weight excluding hydrogens is 102 g/mol. The Balaban J connectivity index is 3.13. The van der Waals surface area contributed by atoms with E-state index in [1.165, 1.54) is 6.19 Å². The monoisotopic (exact) mass is 103 g/mol. The molecule has 0 aromatic heterocycles. The predicted octanol–water partition coefficient (Wildman–Crippen LogP) is -0.787. The van der Waals surface area contributed by atoms with Crippen LogP contribution >= 0.6 is 0 Å². The van der Waals surface area contributed by atoms with Crippen molar-refractivity contribution in [3.05, 3.63) is 4.91 Å². The lowest BCUT2D eigenvalue weighted by molar-refractivity contribution is -0.424. The molecule has 0 amide bonds. The van der Waals surface area contributed by atoms with Gasteiger partial charge in [0.05, 0.1) is 0 Å². The quantitative estimate of drug-likeness (QED) is 0.155. The zero-order valence-electron chi connectivity index (χ0n) is 2.71.